The molecule has 2 amide bonds. The third-order valence-corrected chi connectivity index (χ3v) is 3.62. The van der Waals surface area contributed by atoms with E-state index in [4.69, 9.17) is 0 Å². The second-order valence-corrected chi connectivity index (χ2v) is 7.45. The van der Waals surface area contributed by atoms with Gasteiger partial charge in [-0.2, -0.15) is 0 Å². The van der Waals surface area contributed by atoms with E-state index in [9.17, 15) is 4.79 Å². The molecule has 1 aliphatic heterocycles. The summed E-state index contributed by atoms with van der Waals surface area (Å²) >= 11 is 0. The van der Waals surface area contributed by atoms with E-state index in [2.05, 4.69) is 41.5 Å². The van der Waals surface area contributed by atoms with Crippen molar-refractivity contribution in [3.8, 4) is 0 Å². The van der Waals surface area contributed by atoms with Gasteiger partial charge in [-0.3, -0.25) is 0 Å². The lowest BCUT2D eigenvalue weighted by molar-refractivity contribution is 0.181. The predicted octanol–water partition coefficient (Wildman–Crippen LogP) is 3.37. The van der Waals surface area contributed by atoms with E-state index in [0.717, 1.165) is 13.1 Å². The van der Waals surface area contributed by atoms with E-state index < -0.39 is 0 Å². The topological polar surface area (TPSA) is 23.6 Å². The van der Waals surface area contributed by atoms with E-state index in [1.54, 1.807) is 0 Å². The highest BCUT2D eigenvalue weighted by atomic mass is 16.2. The Kier molecular flexibility index (Phi) is 3.85. The summed E-state index contributed by atoms with van der Waals surface area (Å²) in [6.45, 7) is 14.9. The van der Waals surface area contributed by atoms with E-state index in [1.165, 1.54) is 11.1 Å². The zero-order valence-electron chi connectivity index (χ0n) is 13.2. The second kappa shape index (κ2) is 4.60. The van der Waals surface area contributed by atoms with E-state index in [0.29, 0.717) is 0 Å². The molecule has 0 N–H and O–H groups in total. The van der Waals surface area contributed by atoms with Crippen molar-refractivity contribution < 1.29 is 4.79 Å². The standard InChI is InChI=1S/C15H28N2O/c1-14(2,3)11-9-16(7)13(18)17(8)10-12(11)15(4,5)6/h9-10H2,1-8H3. The van der Waals surface area contributed by atoms with Crippen molar-refractivity contribution in [3.63, 3.8) is 0 Å². The van der Waals surface area contributed by atoms with Gasteiger partial charge in [-0.25, -0.2) is 4.79 Å². The molecule has 0 aromatic rings. The highest BCUT2D eigenvalue weighted by Crippen LogP contribution is 2.38. The molecule has 3 heteroatoms. The van der Waals surface area contributed by atoms with Crippen LogP contribution in [0, 0.1) is 10.8 Å². The smallest absolute Gasteiger partial charge is 0.320 e. The quantitative estimate of drug-likeness (QED) is 0.606. The van der Waals surface area contributed by atoms with Crippen LogP contribution in [0.25, 0.3) is 0 Å². The van der Waals surface area contributed by atoms with Gasteiger partial charge in [0.1, 0.15) is 0 Å². The fourth-order valence-electron chi connectivity index (χ4n) is 2.47. The molecule has 1 rings (SSSR count). The fourth-order valence-corrected chi connectivity index (χ4v) is 2.47. The molecular weight excluding hydrogens is 224 g/mol. The van der Waals surface area contributed by atoms with Crippen LogP contribution in [0.4, 0.5) is 4.79 Å². The number of hydrogen-bond acceptors (Lipinski definition) is 1. The van der Waals surface area contributed by atoms with Gasteiger partial charge in [0.15, 0.2) is 0 Å². The lowest BCUT2D eigenvalue weighted by Gasteiger charge is -2.33. The van der Waals surface area contributed by atoms with Crippen molar-refractivity contribution in [1.82, 2.24) is 9.80 Å². The second-order valence-electron chi connectivity index (χ2n) is 7.45. The Bertz CT molecular complexity index is 335. The van der Waals surface area contributed by atoms with Crippen molar-refractivity contribution in [3.05, 3.63) is 11.1 Å². The molecule has 0 fully saturated rings. The Balaban J connectivity index is 3.35. The summed E-state index contributed by atoms with van der Waals surface area (Å²) in [5.41, 5.74) is 3.00. The summed E-state index contributed by atoms with van der Waals surface area (Å²) in [6, 6.07) is 0.107. The third kappa shape index (κ3) is 3.06. The van der Waals surface area contributed by atoms with Gasteiger partial charge in [0.25, 0.3) is 0 Å². The van der Waals surface area contributed by atoms with Gasteiger partial charge in [0, 0.05) is 27.2 Å². The van der Waals surface area contributed by atoms with Crippen LogP contribution in [-0.4, -0.2) is 43.0 Å². The maximum Gasteiger partial charge on any atom is 0.320 e. The number of rotatable bonds is 0. The van der Waals surface area contributed by atoms with Crippen LogP contribution in [0.3, 0.4) is 0 Å². The van der Waals surface area contributed by atoms with Crippen LogP contribution in [0.5, 0.6) is 0 Å². The molecule has 0 spiro atoms. The third-order valence-electron chi connectivity index (χ3n) is 3.62. The zero-order valence-corrected chi connectivity index (χ0v) is 13.2. The Hall–Kier alpha value is -0.990. The first-order valence-corrected chi connectivity index (χ1v) is 6.64. The van der Waals surface area contributed by atoms with Gasteiger partial charge in [-0.1, -0.05) is 41.5 Å². The average molecular weight is 252 g/mol. The monoisotopic (exact) mass is 252 g/mol. The number of carbonyl (C=O) groups excluding carboxylic acids is 1. The van der Waals surface area contributed by atoms with Gasteiger partial charge in [-0.15, -0.1) is 0 Å². The first kappa shape index (κ1) is 15.1. The van der Waals surface area contributed by atoms with Gasteiger partial charge in [0.2, 0.25) is 0 Å². The summed E-state index contributed by atoms with van der Waals surface area (Å²) < 4.78 is 0. The molecule has 0 atom stereocenters. The van der Waals surface area contributed by atoms with Crippen molar-refractivity contribution in [2.45, 2.75) is 41.5 Å². The highest BCUT2D eigenvalue weighted by Gasteiger charge is 2.33. The summed E-state index contributed by atoms with van der Waals surface area (Å²) in [5, 5.41) is 0. The highest BCUT2D eigenvalue weighted by molar-refractivity contribution is 5.75. The number of urea groups is 1. The summed E-state index contributed by atoms with van der Waals surface area (Å²) in [5.74, 6) is 0. The van der Waals surface area contributed by atoms with Crippen molar-refractivity contribution >= 4 is 6.03 Å². The first-order chi connectivity index (χ1) is 7.94. The van der Waals surface area contributed by atoms with Crippen LogP contribution in [-0.2, 0) is 0 Å². The molecule has 0 aromatic heterocycles. The summed E-state index contributed by atoms with van der Waals surface area (Å²) in [6.07, 6.45) is 0. The summed E-state index contributed by atoms with van der Waals surface area (Å²) in [7, 11) is 3.77. The van der Waals surface area contributed by atoms with Gasteiger partial charge in [0.05, 0.1) is 0 Å². The molecule has 0 saturated carbocycles. The Morgan fingerprint density at radius 1 is 0.778 bits per heavy atom. The maximum absolute atomic E-state index is 12.1. The van der Waals surface area contributed by atoms with Crippen LogP contribution < -0.4 is 0 Å². The first-order valence-electron chi connectivity index (χ1n) is 6.64. The van der Waals surface area contributed by atoms with Gasteiger partial charge in [-0.05, 0) is 22.0 Å². The molecule has 0 aromatic carbocycles. The van der Waals surface area contributed by atoms with E-state index >= 15 is 0 Å². The van der Waals surface area contributed by atoms with Crippen molar-refractivity contribution in [1.29, 1.82) is 0 Å². The minimum atomic E-state index is 0.0995. The molecule has 0 bridgehead atoms. The lowest BCUT2D eigenvalue weighted by atomic mass is 9.75. The Labute approximate surface area is 112 Å². The maximum atomic E-state index is 12.1. The largest absolute Gasteiger partial charge is 0.324 e. The van der Waals surface area contributed by atoms with Crippen LogP contribution in [0.2, 0.25) is 0 Å². The molecule has 1 heterocycles. The molecule has 104 valence electrons. The fraction of sp³-hybridized carbons (Fsp3) is 0.800. The van der Waals surface area contributed by atoms with Crippen LogP contribution in [0.1, 0.15) is 41.5 Å². The number of nitrogens with zero attached hydrogens (tertiary/aromatic N) is 2. The molecule has 0 radical (unpaired) electrons. The molecule has 0 saturated heterocycles. The average Bonchev–Trinajstić information content (AvgIpc) is 2.27. The number of hydrogen-bond donors (Lipinski definition) is 0. The van der Waals surface area contributed by atoms with Gasteiger partial charge < -0.3 is 9.80 Å². The SMILES string of the molecule is CN1CC(C(C)(C)C)=C(C(C)(C)C)CN(C)C1=O. The van der Waals surface area contributed by atoms with E-state index in [1.807, 2.05) is 23.9 Å². The lowest BCUT2D eigenvalue weighted by Crippen LogP contribution is -2.38. The number of carbonyl (C=O) groups is 1. The number of likely N-dealkylation sites (N-methyl/N-ethyl adjacent to an activating group) is 2. The molecule has 3 nitrogen and oxygen atoms in total. The predicted molar refractivity (Wildman–Crippen MR) is 76.6 cm³/mol. The zero-order chi connectivity index (χ0) is 14.3. The number of amides is 2. The molecule has 18 heavy (non-hydrogen) atoms. The molecule has 0 aliphatic carbocycles. The normalized spacial score (nSPS) is 19.4. The minimum absolute atomic E-state index is 0.0995. The van der Waals surface area contributed by atoms with Gasteiger partial charge >= 0.3 is 6.03 Å². The Morgan fingerprint density at radius 2 is 1.06 bits per heavy atom. The minimum Gasteiger partial charge on any atom is -0.324 e. The van der Waals surface area contributed by atoms with Crippen LogP contribution >= 0.6 is 0 Å². The van der Waals surface area contributed by atoms with Crippen molar-refractivity contribution in [2.24, 2.45) is 10.8 Å². The molecular formula is C15H28N2O. The van der Waals surface area contributed by atoms with Crippen molar-refractivity contribution in [2.75, 3.05) is 27.2 Å². The molecule has 0 unspecified atom stereocenters. The Morgan fingerprint density at radius 3 is 1.28 bits per heavy atom. The summed E-state index contributed by atoms with van der Waals surface area (Å²) in [4.78, 5) is 15.8. The molecule has 1 aliphatic rings. The van der Waals surface area contributed by atoms with Crippen LogP contribution in [0.15, 0.2) is 11.1 Å². The van der Waals surface area contributed by atoms with E-state index in [-0.39, 0.29) is 16.9 Å².